The van der Waals surface area contributed by atoms with E-state index in [0.29, 0.717) is 12.2 Å². The summed E-state index contributed by atoms with van der Waals surface area (Å²) in [4.78, 5) is 0.533. The lowest BCUT2D eigenvalue weighted by Gasteiger charge is -2.13. The van der Waals surface area contributed by atoms with Gasteiger partial charge >= 0.3 is 0 Å². The minimum absolute atomic E-state index is 0.261. The average molecular weight is 398 g/mol. The third-order valence-corrected chi connectivity index (χ3v) is 6.70. The Kier molecular flexibility index (Phi) is 4.74. The molecule has 2 aromatic heterocycles. The average Bonchev–Trinajstić information content (AvgIpc) is 3.27. The van der Waals surface area contributed by atoms with Crippen LogP contribution in [0.25, 0.3) is 21.8 Å². The lowest BCUT2D eigenvalue weighted by Crippen LogP contribution is -2.08. The Balaban J connectivity index is 2.07. The Labute approximate surface area is 163 Å². The highest BCUT2D eigenvalue weighted by atomic mass is 32.2. The van der Waals surface area contributed by atoms with E-state index in [0.717, 1.165) is 21.9 Å². The fourth-order valence-electron chi connectivity index (χ4n) is 3.58. The first-order valence-electron chi connectivity index (χ1n) is 8.87. The first kappa shape index (κ1) is 18.7. The second-order valence-electron chi connectivity index (χ2n) is 6.79. The van der Waals surface area contributed by atoms with E-state index in [-0.39, 0.29) is 16.5 Å². The summed E-state index contributed by atoms with van der Waals surface area (Å²) in [5, 5.41) is 1.85. The van der Waals surface area contributed by atoms with Crippen LogP contribution in [0.15, 0.2) is 64.6 Å². The number of methoxy groups -OCH3 is 2. The Morgan fingerprint density at radius 3 is 2.14 bits per heavy atom. The van der Waals surface area contributed by atoms with Crippen LogP contribution in [-0.4, -0.2) is 31.8 Å². The van der Waals surface area contributed by atoms with E-state index >= 15 is 0 Å². The standard InChI is InChI=1S/C21H22N2O4S/c1-15-4-6-16(7-5-15)28(24,25)20-12-19-17(8-10-22(19)13-26-2)18-9-11-23(14-27-3)21(18)20/h4-12H,13-14H2,1-3H3. The van der Waals surface area contributed by atoms with Gasteiger partial charge in [0.15, 0.2) is 0 Å². The first-order chi connectivity index (χ1) is 13.5. The zero-order valence-corrected chi connectivity index (χ0v) is 16.9. The smallest absolute Gasteiger partial charge is 0.208 e. The van der Waals surface area contributed by atoms with Crippen molar-refractivity contribution in [3.63, 3.8) is 0 Å². The number of fused-ring (bicyclic) bond motifs is 3. The number of nitrogens with zero attached hydrogens (tertiary/aromatic N) is 2. The molecule has 0 saturated carbocycles. The Hall–Kier alpha value is -2.61. The number of hydrogen-bond donors (Lipinski definition) is 0. The summed E-state index contributed by atoms with van der Waals surface area (Å²) < 4.78 is 41.4. The van der Waals surface area contributed by atoms with Crippen LogP contribution >= 0.6 is 0 Å². The molecule has 4 rings (SSSR count). The Morgan fingerprint density at radius 1 is 0.857 bits per heavy atom. The molecule has 0 aliphatic heterocycles. The van der Waals surface area contributed by atoms with E-state index in [1.807, 2.05) is 52.7 Å². The van der Waals surface area contributed by atoms with Crippen molar-refractivity contribution < 1.29 is 17.9 Å². The summed E-state index contributed by atoms with van der Waals surface area (Å²) in [7, 11) is -0.519. The van der Waals surface area contributed by atoms with Gasteiger partial charge in [-0.3, -0.25) is 0 Å². The molecule has 0 atom stereocenters. The summed E-state index contributed by atoms with van der Waals surface area (Å²) in [5.74, 6) is 0. The van der Waals surface area contributed by atoms with Crippen molar-refractivity contribution in [2.75, 3.05) is 14.2 Å². The molecule has 0 amide bonds. The third-order valence-electron chi connectivity index (χ3n) is 4.92. The van der Waals surface area contributed by atoms with Crippen molar-refractivity contribution in [1.29, 1.82) is 0 Å². The minimum Gasteiger partial charge on any atom is -0.364 e. The highest BCUT2D eigenvalue weighted by Gasteiger charge is 2.25. The van der Waals surface area contributed by atoms with E-state index < -0.39 is 9.84 Å². The van der Waals surface area contributed by atoms with Gasteiger partial charge in [-0.05, 0) is 37.3 Å². The predicted octanol–water partition coefficient (Wildman–Crippen LogP) is 3.95. The van der Waals surface area contributed by atoms with Gasteiger partial charge < -0.3 is 18.6 Å². The highest BCUT2D eigenvalue weighted by molar-refractivity contribution is 7.91. The van der Waals surface area contributed by atoms with Crippen molar-refractivity contribution in [3.05, 3.63) is 60.4 Å². The molecule has 0 aliphatic rings. The summed E-state index contributed by atoms with van der Waals surface area (Å²) in [6.45, 7) is 2.55. The Morgan fingerprint density at radius 2 is 1.46 bits per heavy atom. The molecule has 0 fully saturated rings. The molecule has 0 aliphatic carbocycles. The zero-order chi connectivity index (χ0) is 19.9. The number of benzene rings is 2. The van der Waals surface area contributed by atoms with E-state index in [9.17, 15) is 8.42 Å². The van der Waals surface area contributed by atoms with Gasteiger partial charge in [0, 0.05) is 37.4 Å². The second-order valence-corrected chi connectivity index (χ2v) is 8.71. The van der Waals surface area contributed by atoms with Gasteiger partial charge in [-0.25, -0.2) is 8.42 Å². The molecule has 6 nitrogen and oxygen atoms in total. The summed E-state index contributed by atoms with van der Waals surface area (Å²) >= 11 is 0. The van der Waals surface area contributed by atoms with E-state index in [1.165, 1.54) is 0 Å². The number of aromatic nitrogens is 2. The van der Waals surface area contributed by atoms with Gasteiger partial charge in [0.1, 0.15) is 13.5 Å². The third kappa shape index (κ3) is 2.92. The molecule has 0 N–H and O–H groups in total. The van der Waals surface area contributed by atoms with Gasteiger partial charge in [-0.15, -0.1) is 0 Å². The molecule has 0 unspecified atom stereocenters. The first-order valence-corrected chi connectivity index (χ1v) is 10.4. The zero-order valence-electron chi connectivity index (χ0n) is 16.0. The lowest BCUT2D eigenvalue weighted by molar-refractivity contribution is 0.134. The molecule has 0 spiro atoms. The van der Waals surface area contributed by atoms with Crippen LogP contribution in [0, 0.1) is 6.92 Å². The van der Waals surface area contributed by atoms with Crippen molar-refractivity contribution >= 4 is 31.6 Å². The number of rotatable bonds is 6. The van der Waals surface area contributed by atoms with Crippen LogP contribution < -0.4 is 0 Å². The summed E-state index contributed by atoms with van der Waals surface area (Å²) in [5.41, 5.74) is 2.47. The van der Waals surface area contributed by atoms with E-state index in [1.54, 1.807) is 32.4 Å². The highest BCUT2D eigenvalue weighted by Crippen LogP contribution is 2.35. The molecule has 0 radical (unpaired) electrons. The quantitative estimate of drug-likeness (QED) is 0.493. The predicted molar refractivity (Wildman–Crippen MR) is 108 cm³/mol. The molecule has 2 heterocycles. The van der Waals surface area contributed by atoms with Crippen LogP contribution in [0.3, 0.4) is 0 Å². The van der Waals surface area contributed by atoms with Crippen LogP contribution in [0.2, 0.25) is 0 Å². The molecular formula is C21H22N2O4S. The van der Waals surface area contributed by atoms with Crippen molar-refractivity contribution in [1.82, 2.24) is 9.13 Å². The molecule has 0 bridgehead atoms. The normalized spacial score (nSPS) is 12.2. The van der Waals surface area contributed by atoms with Gasteiger partial charge in [-0.2, -0.15) is 0 Å². The van der Waals surface area contributed by atoms with Crippen LogP contribution in [0.4, 0.5) is 0 Å². The molecule has 146 valence electrons. The number of ether oxygens (including phenoxy) is 2. The molecular weight excluding hydrogens is 376 g/mol. The van der Waals surface area contributed by atoms with Crippen LogP contribution in [0.5, 0.6) is 0 Å². The lowest BCUT2D eigenvalue weighted by atomic mass is 10.1. The summed E-state index contributed by atoms with van der Waals surface area (Å²) in [6.07, 6.45) is 3.76. The number of sulfone groups is 1. The molecule has 7 heteroatoms. The van der Waals surface area contributed by atoms with Gasteiger partial charge in [0.2, 0.25) is 9.84 Å². The molecule has 2 aromatic carbocycles. The fourth-order valence-corrected chi connectivity index (χ4v) is 5.07. The van der Waals surface area contributed by atoms with Gasteiger partial charge in [-0.1, -0.05) is 17.7 Å². The topological polar surface area (TPSA) is 62.5 Å². The minimum atomic E-state index is -3.72. The van der Waals surface area contributed by atoms with Crippen molar-refractivity contribution in [2.24, 2.45) is 0 Å². The van der Waals surface area contributed by atoms with Crippen molar-refractivity contribution in [2.45, 2.75) is 30.2 Å². The SMILES string of the molecule is COCn1ccc2c3ccn(COC)c3c(S(=O)(=O)c3ccc(C)cc3)cc21. The summed E-state index contributed by atoms with van der Waals surface area (Å²) in [6, 6.07) is 12.6. The van der Waals surface area contributed by atoms with Crippen LogP contribution in [-0.2, 0) is 32.8 Å². The Bertz CT molecular complexity index is 1250. The number of aryl methyl sites for hydroxylation is 1. The van der Waals surface area contributed by atoms with E-state index in [4.69, 9.17) is 9.47 Å². The van der Waals surface area contributed by atoms with E-state index in [2.05, 4.69) is 0 Å². The maximum absolute atomic E-state index is 13.6. The van der Waals surface area contributed by atoms with Crippen molar-refractivity contribution in [3.8, 4) is 0 Å². The number of hydrogen-bond acceptors (Lipinski definition) is 4. The van der Waals surface area contributed by atoms with Gasteiger partial charge in [0.25, 0.3) is 0 Å². The molecule has 4 aromatic rings. The largest absolute Gasteiger partial charge is 0.364 e. The van der Waals surface area contributed by atoms with Crippen LogP contribution in [0.1, 0.15) is 5.56 Å². The van der Waals surface area contributed by atoms with Gasteiger partial charge in [0.05, 0.1) is 20.8 Å². The fraction of sp³-hybridized carbons (Fsp3) is 0.238. The maximum atomic E-state index is 13.6. The monoisotopic (exact) mass is 398 g/mol. The second kappa shape index (κ2) is 7.09. The molecule has 0 saturated heterocycles. The maximum Gasteiger partial charge on any atom is 0.208 e. The molecule has 28 heavy (non-hydrogen) atoms.